The number of hydrogen-bond acceptors (Lipinski definition) is 3. The molecule has 1 amide bonds. The van der Waals surface area contributed by atoms with Crippen molar-refractivity contribution < 1.29 is 4.79 Å². The van der Waals surface area contributed by atoms with Crippen LogP contribution in [-0.4, -0.2) is 12.5 Å². The SMILES string of the molecule is CCc1ccsc1CNC(=O)CCC(CCN)C(C)C. The van der Waals surface area contributed by atoms with E-state index >= 15 is 0 Å². The van der Waals surface area contributed by atoms with Crippen LogP contribution >= 0.6 is 11.3 Å². The Kier molecular flexibility index (Phi) is 7.85. The lowest BCUT2D eigenvalue weighted by Gasteiger charge is -2.19. The first-order valence-corrected chi connectivity index (χ1v) is 8.48. The summed E-state index contributed by atoms with van der Waals surface area (Å²) in [6.07, 6.45) is 3.58. The normalized spacial score (nSPS) is 12.7. The highest BCUT2D eigenvalue weighted by atomic mass is 32.1. The van der Waals surface area contributed by atoms with Crippen LogP contribution in [0.2, 0.25) is 0 Å². The number of carbonyl (C=O) groups excluding carboxylic acids is 1. The molecular weight excluding hydrogens is 268 g/mol. The highest BCUT2D eigenvalue weighted by molar-refractivity contribution is 7.10. The van der Waals surface area contributed by atoms with Crippen molar-refractivity contribution >= 4 is 17.2 Å². The molecule has 0 aliphatic carbocycles. The van der Waals surface area contributed by atoms with E-state index in [1.165, 1.54) is 10.4 Å². The Morgan fingerprint density at radius 1 is 1.40 bits per heavy atom. The maximum Gasteiger partial charge on any atom is 0.220 e. The maximum absolute atomic E-state index is 11.9. The number of nitrogens with two attached hydrogens (primary N) is 1. The second-order valence-corrected chi connectivity index (χ2v) is 6.62. The van der Waals surface area contributed by atoms with Crippen LogP contribution in [0.25, 0.3) is 0 Å². The molecular formula is C16H28N2OS. The molecule has 1 aromatic rings. The number of thiophene rings is 1. The first-order chi connectivity index (χ1) is 9.58. The zero-order valence-corrected chi connectivity index (χ0v) is 13.8. The van der Waals surface area contributed by atoms with Crippen LogP contribution < -0.4 is 11.1 Å². The molecule has 0 spiro atoms. The highest BCUT2D eigenvalue weighted by Crippen LogP contribution is 2.20. The van der Waals surface area contributed by atoms with E-state index in [1.54, 1.807) is 11.3 Å². The van der Waals surface area contributed by atoms with E-state index in [-0.39, 0.29) is 5.91 Å². The van der Waals surface area contributed by atoms with E-state index in [0.717, 1.165) is 19.3 Å². The van der Waals surface area contributed by atoms with Crippen LogP contribution in [-0.2, 0) is 17.8 Å². The predicted molar refractivity (Wildman–Crippen MR) is 86.8 cm³/mol. The molecule has 1 atom stereocenters. The predicted octanol–water partition coefficient (Wildman–Crippen LogP) is 3.33. The van der Waals surface area contributed by atoms with E-state index in [2.05, 4.69) is 37.5 Å². The third-order valence-corrected chi connectivity index (χ3v) is 4.85. The Bertz CT molecular complexity index is 401. The summed E-state index contributed by atoms with van der Waals surface area (Å²) in [5.41, 5.74) is 6.98. The van der Waals surface area contributed by atoms with Crippen molar-refractivity contribution in [1.29, 1.82) is 0 Å². The van der Waals surface area contributed by atoms with Crippen LogP contribution in [0.5, 0.6) is 0 Å². The van der Waals surface area contributed by atoms with Crippen molar-refractivity contribution in [1.82, 2.24) is 5.32 Å². The van der Waals surface area contributed by atoms with Gasteiger partial charge in [0.2, 0.25) is 5.91 Å². The molecule has 1 aromatic heterocycles. The highest BCUT2D eigenvalue weighted by Gasteiger charge is 2.14. The Hall–Kier alpha value is -0.870. The van der Waals surface area contributed by atoms with Gasteiger partial charge in [0, 0.05) is 11.3 Å². The Labute approximate surface area is 127 Å². The summed E-state index contributed by atoms with van der Waals surface area (Å²) in [7, 11) is 0. The van der Waals surface area contributed by atoms with Crippen molar-refractivity contribution in [3.05, 3.63) is 21.9 Å². The average molecular weight is 296 g/mol. The van der Waals surface area contributed by atoms with Crippen molar-refractivity contribution in [3.63, 3.8) is 0 Å². The summed E-state index contributed by atoms with van der Waals surface area (Å²) in [6, 6.07) is 2.14. The van der Waals surface area contributed by atoms with Crippen LogP contribution in [0.4, 0.5) is 0 Å². The van der Waals surface area contributed by atoms with Gasteiger partial charge in [-0.05, 0) is 54.7 Å². The molecule has 0 fully saturated rings. The van der Waals surface area contributed by atoms with Gasteiger partial charge in [0.25, 0.3) is 0 Å². The number of amides is 1. The van der Waals surface area contributed by atoms with Gasteiger partial charge in [-0.2, -0.15) is 0 Å². The lowest BCUT2D eigenvalue weighted by atomic mass is 9.88. The lowest BCUT2D eigenvalue weighted by molar-refractivity contribution is -0.121. The van der Waals surface area contributed by atoms with Gasteiger partial charge in [-0.3, -0.25) is 4.79 Å². The first kappa shape index (κ1) is 17.2. The third kappa shape index (κ3) is 5.63. The molecule has 0 radical (unpaired) electrons. The second kappa shape index (κ2) is 9.14. The molecule has 4 heteroatoms. The number of hydrogen-bond donors (Lipinski definition) is 2. The number of carbonyl (C=O) groups is 1. The van der Waals surface area contributed by atoms with E-state index < -0.39 is 0 Å². The molecule has 20 heavy (non-hydrogen) atoms. The molecule has 0 saturated heterocycles. The van der Waals surface area contributed by atoms with Crippen LogP contribution in [0.15, 0.2) is 11.4 Å². The number of nitrogens with one attached hydrogen (secondary N) is 1. The summed E-state index contributed by atoms with van der Waals surface area (Å²) in [4.78, 5) is 13.2. The fourth-order valence-electron chi connectivity index (χ4n) is 2.45. The van der Waals surface area contributed by atoms with Crippen molar-refractivity contribution in [2.45, 2.75) is 53.0 Å². The number of rotatable bonds is 9. The Balaban J connectivity index is 2.33. The van der Waals surface area contributed by atoms with E-state index in [9.17, 15) is 4.79 Å². The van der Waals surface area contributed by atoms with E-state index in [0.29, 0.717) is 31.3 Å². The summed E-state index contributed by atoms with van der Waals surface area (Å²) >= 11 is 1.72. The van der Waals surface area contributed by atoms with Gasteiger partial charge in [0.1, 0.15) is 0 Å². The van der Waals surface area contributed by atoms with E-state index in [4.69, 9.17) is 5.73 Å². The molecule has 0 aliphatic heterocycles. The van der Waals surface area contributed by atoms with Crippen LogP contribution in [0.1, 0.15) is 50.5 Å². The molecule has 1 unspecified atom stereocenters. The molecule has 114 valence electrons. The molecule has 3 nitrogen and oxygen atoms in total. The molecule has 0 saturated carbocycles. The third-order valence-electron chi connectivity index (χ3n) is 3.89. The van der Waals surface area contributed by atoms with E-state index in [1.807, 2.05) is 0 Å². The average Bonchev–Trinajstić information content (AvgIpc) is 2.88. The van der Waals surface area contributed by atoms with Gasteiger partial charge in [0.15, 0.2) is 0 Å². The van der Waals surface area contributed by atoms with Crippen LogP contribution in [0.3, 0.4) is 0 Å². The molecule has 0 aromatic carbocycles. The Morgan fingerprint density at radius 2 is 2.15 bits per heavy atom. The fourth-order valence-corrected chi connectivity index (χ4v) is 3.36. The lowest BCUT2D eigenvalue weighted by Crippen LogP contribution is -2.24. The maximum atomic E-state index is 11.9. The Morgan fingerprint density at radius 3 is 2.75 bits per heavy atom. The minimum absolute atomic E-state index is 0.156. The molecule has 0 bridgehead atoms. The second-order valence-electron chi connectivity index (χ2n) is 5.62. The summed E-state index contributed by atoms with van der Waals surface area (Å²) in [5.74, 6) is 1.30. The standard InChI is InChI=1S/C16H28N2OS/c1-4-13-8-10-20-15(13)11-18-16(19)6-5-14(7-9-17)12(2)3/h8,10,12,14H,4-7,9,11,17H2,1-3H3,(H,18,19). The van der Waals surface area contributed by atoms with Gasteiger partial charge in [-0.25, -0.2) is 0 Å². The van der Waals surface area contributed by atoms with Gasteiger partial charge >= 0.3 is 0 Å². The molecule has 1 rings (SSSR count). The van der Waals surface area contributed by atoms with Gasteiger partial charge in [-0.1, -0.05) is 20.8 Å². The van der Waals surface area contributed by atoms with Crippen molar-refractivity contribution in [3.8, 4) is 0 Å². The fraction of sp³-hybridized carbons (Fsp3) is 0.688. The zero-order valence-electron chi connectivity index (χ0n) is 12.9. The van der Waals surface area contributed by atoms with Crippen molar-refractivity contribution in [2.75, 3.05) is 6.54 Å². The smallest absolute Gasteiger partial charge is 0.220 e. The van der Waals surface area contributed by atoms with Gasteiger partial charge in [0.05, 0.1) is 6.54 Å². The van der Waals surface area contributed by atoms with Gasteiger partial charge in [-0.15, -0.1) is 11.3 Å². The molecule has 0 aliphatic rings. The van der Waals surface area contributed by atoms with Crippen molar-refractivity contribution in [2.24, 2.45) is 17.6 Å². The largest absolute Gasteiger partial charge is 0.351 e. The minimum Gasteiger partial charge on any atom is -0.351 e. The minimum atomic E-state index is 0.156. The van der Waals surface area contributed by atoms with Gasteiger partial charge < -0.3 is 11.1 Å². The zero-order chi connectivity index (χ0) is 15.0. The molecule has 3 N–H and O–H groups in total. The summed E-state index contributed by atoms with van der Waals surface area (Å²) in [5, 5.41) is 5.13. The monoisotopic (exact) mass is 296 g/mol. The summed E-state index contributed by atoms with van der Waals surface area (Å²) in [6.45, 7) is 7.94. The van der Waals surface area contributed by atoms with Crippen LogP contribution in [0, 0.1) is 11.8 Å². The molecule has 1 heterocycles. The topological polar surface area (TPSA) is 55.1 Å². The number of aryl methyl sites for hydroxylation is 1. The summed E-state index contributed by atoms with van der Waals surface area (Å²) < 4.78 is 0. The first-order valence-electron chi connectivity index (χ1n) is 7.60. The quantitative estimate of drug-likeness (QED) is 0.734.